The lowest BCUT2D eigenvalue weighted by molar-refractivity contribution is -0.176. The molecule has 0 radical (unpaired) electrons. The number of carbonyl (C=O) groups is 1. The van der Waals surface area contributed by atoms with Crippen LogP contribution >= 0.6 is 0 Å². The lowest BCUT2D eigenvalue weighted by Gasteiger charge is -2.49. The average Bonchev–Trinajstić information content (AvgIpc) is 2.18. The van der Waals surface area contributed by atoms with Crippen molar-refractivity contribution in [3.05, 3.63) is 0 Å². The van der Waals surface area contributed by atoms with Gasteiger partial charge < -0.3 is 4.74 Å². The smallest absolute Gasteiger partial charge is 0.306 e. The minimum absolute atomic E-state index is 0.0277. The molecule has 3 aliphatic rings. The van der Waals surface area contributed by atoms with Crippen LogP contribution in [0.2, 0.25) is 0 Å². The van der Waals surface area contributed by atoms with Crippen LogP contribution in [-0.4, -0.2) is 11.6 Å². The van der Waals surface area contributed by atoms with Crippen molar-refractivity contribution in [1.82, 2.24) is 0 Å². The Hall–Kier alpha value is -0.530. The lowest BCUT2D eigenvalue weighted by atomic mass is 9.63. The topological polar surface area (TPSA) is 26.3 Å². The van der Waals surface area contributed by atoms with Gasteiger partial charge in [0, 0.05) is 6.42 Å². The Kier molecular flexibility index (Phi) is 2.54. The van der Waals surface area contributed by atoms with E-state index >= 15 is 0 Å². The monoisotopic (exact) mass is 196 g/mol. The van der Waals surface area contributed by atoms with Crippen LogP contribution in [0.4, 0.5) is 0 Å². The van der Waals surface area contributed by atoms with E-state index in [9.17, 15) is 4.79 Å². The van der Waals surface area contributed by atoms with Gasteiger partial charge in [-0.1, -0.05) is 6.92 Å². The van der Waals surface area contributed by atoms with Crippen molar-refractivity contribution in [2.24, 2.45) is 11.8 Å². The van der Waals surface area contributed by atoms with Crippen molar-refractivity contribution in [2.45, 2.75) is 58.0 Å². The Morgan fingerprint density at radius 2 is 2.00 bits per heavy atom. The van der Waals surface area contributed by atoms with Crippen molar-refractivity contribution in [3.8, 4) is 0 Å². The molecule has 3 rings (SSSR count). The fraction of sp³-hybridized carbons (Fsp3) is 0.917. The molecule has 0 aromatic rings. The van der Waals surface area contributed by atoms with Gasteiger partial charge in [0.2, 0.25) is 0 Å². The maximum absolute atomic E-state index is 11.3. The summed E-state index contributed by atoms with van der Waals surface area (Å²) in [6.45, 7) is 4.00. The Labute approximate surface area is 86.0 Å². The van der Waals surface area contributed by atoms with Crippen LogP contribution in [0, 0.1) is 11.8 Å². The average molecular weight is 196 g/mol. The molecule has 2 bridgehead atoms. The number of hydrogen-bond donors (Lipinski definition) is 0. The van der Waals surface area contributed by atoms with Gasteiger partial charge in [0.1, 0.15) is 5.60 Å². The highest BCUT2D eigenvalue weighted by molar-refractivity contribution is 5.69. The molecule has 0 aliphatic heterocycles. The minimum atomic E-state index is -0.131. The fourth-order valence-electron chi connectivity index (χ4n) is 3.17. The maximum Gasteiger partial charge on any atom is 0.306 e. The van der Waals surface area contributed by atoms with E-state index in [4.69, 9.17) is 4.74 Å². The molecule has 0 N–H and O–H groups in total. The van der Waals surface area contributed by atoms with Crippen molar-refractivity contribution in [3.63, 3.8) is 0 Å². The Morgan fingerprint density at radius 1 is 1.36 bits per heavy atom. The standard InChI is InChI=1S/C12H20O2/c1-3-11(13)14-12(2)8-9-4-6-10(12)7-5-9/h9-10H,3-8H2,1-2H3. The first kappa shape index (κ1) is 10.0. The summed E-state index contributed by atoms with van der Waals surface area (Å²) in [6, 6.07) is 0. The van der Waals surface area contributed by atoms with Crippen molar-refractivity contribution >= 4 is 5.97 Å². The first-order valence-corrected chi connectivity index (χ1v) is 5.86. The number of ether oxygens (including phenoxy) is 1. The zero-order chi connectivity index (χ0) is 10.2. The Morgan fingerprint density at radius 3 is 2.43 bits per heavy atom. The van der Waals surface area contributed by atoms with Crippen LogP contribution in [0.15, 0.2) is 0 Å². The zero-order valence-corrected chi connectivity index (χ0v) is 9.21. The van der Waals surface area contributed by atoms with Crippen LogP contribution in [0.3, 0.4) is 0 Å². The molecule has 0 aromatic heterocycles. The predicted octanol–water partition coefficient (Wildman–Crippen LogP) is 2.91. The van der Waals surface area contributed by atoms with Gasteiger partial charge in [-0.05, 0) is 50.9 Å². The summed E-state index contributed by atoms with van der Waals surface area (Å²) in [4.78, 5) is 11.3. The number of esters is 1. The first-order valence-electron chi connectivity index (χ1n) is 5.86. The van der Waals surface area contributed by atoms with Crippen LogP contribution < -0.4 is 0 Å². The molecule has 3 saturated carbocycles. The van der Waals surface area contributed by atoms with E-state index in [-0.39, 0.29) is 11.6 Å². The molecule has 2 heteroatoms. The lowest BCUT2D eigenvalue weighted by Crippen LogP contribution is -2.48. The predicted molar refractivity (Wildman–Crippen MR) is 54.9 cm³/mol. The quantitative estimate of drug-likeness (QED) is 0.635. The first-order chi connectivity index (χ1) is 6.64. The molecule has 0 saturated heterocycles. The minimum Gasteiger partial charge on any atom is -0.459 e. The fourth-order valence-corrected chi connectivity index (χ4v) is 3.17. The second-order valence-corrected chi connectivity index (χ2v) is 5.06. The highest BCUT2D eigenvalue weighted by Crippen LogP contribution is 2.49. The number of fused-ring (bicyclic) bond motifs is 3. The van der Waals surface area contributed by atoms with Gasteiger partial charge >= 0.3 is 5.97 Å². The highest BCUT2D eigenvalue weighted by atomic mass is 16.6. The molecule has 3 aliphatic carbocycles. The van der Waals surface area contributed by atoms with Gasteiger partial charge in [-0.15, -0.1) is 0 Å². The van der Waals surface area contributed by atoms with Gasteiger partial charge in [0.25, 0.3) is 0 Å². The Balaban J connectivity index is 2.04. The van der Waals surface area contributed by atoms with Gasteiger partial charge in [0.15, 0.2) is 0 Å². The second kappa shape index (κ2) is 3.56. The molecule has 0 aromatic carbocycles. The summed E-state index contributed by atoms with van der Waals surface area (Å²) < 4.78 is 5.62. The summed E-state index contributed by atoms with van der Waals surface area (Å²) in [7, 11) is 0. The number of hydrogen-bond acceptors (Lipinski definition) is 2. The summed E-state index contributed by atoms with van der Waals surface area (Å²) in [5.74, 6) is 1.41. The largest absolute Gasteiger partial charge is 0.459 e. The van der Waals surface area contributed by atoms with Crippen LogP contribution in [-0.2, 0) is 9.53 Å². The van der Waals surface area contributed by atoms with Gasteiger partial charge in [-0.3, -0.25) is 4.79 Å². The second-order valence-electron chi connectivity index (χ2n) is 5.06. The molecule has 0 amide bonds. The zero-order valence-electron chi connectivity index (χ0n) is 9.21. The molecule has 80 valence electrons. The summed E-state index contributed by atoms with van der Waals surface area (Å²) in [5, 5.41) is 0. The van der Waals surface area contributed by atoms with Gasteiger partial charge in [-0.2, -0.15) is 0 Å². The van der Waals surface area contributed by atoms with Gasteiger partial charge in [0.05, 0.1) is 0 Å². The van der Waals surface area contributed by atoms with Crippen LogP contribution in [0.5, 0.6) is 0 Å². The van der Waals surface area contributed by atoms with E-state index in [2.05, 4.69) is 6.92 Å². The van der Waals surface area contributed by atoms with Crippen molar-refractivity contribution < 1.29 is 9.53 Å². The third-order valence-corrected chi connectivity index (χ3v) is 4.04. The van der Waals surface area contributed by atoms with Crippen molar-refractivity contribution in [1.29, 1.82) is 0 Å². The van der Waals surface area contributed by atoms with E-state index in [1.807, 2.05) is 6.92 Å². The number of carbonyl (C=O) groups excluding carboxylic acids is 1. The maximum atomic E-state index is 11.3. The molecule has 0 heterocycles. The molecule has 1 atom stereocenters. The summed E-state index contributed by atoms with van der Waals surface area (Å²) in [6.07, 6.45) is 6.83. The van der Waals surface area contributed by atoms with Gasteiger partial charge in [-0.25, -0.2) is 0 Å². The van der Waals surface area contributed by atoms with E-state index in [0.717, 1.165) is 12.3 Å². The molecular formula is C12H20O2. The highest BCUT2D eigenvalue weighted by Gasteiger charge is 2.46. The van der Waals surface area contributed by atoms with E-state index in [1.54, 1.807) is 0 Å². The van der Waals surface area contributed by atoms with Crippen LogP contribution in [0.25, 0.3) is 0 Å². The molecule has 2 nitrogen and oxygen atoms in total. The molecule has 14 heavy (non-hydrogen) atoms. The van der Waals surface area contributed by atoms with E-state index in [0.29, 0.717) is 12.3 Å². The summed E-state index contributed by atoms with van der Waals surface area (Å²) >= 11 is 0. The Bertz CT molecular complexity index is 228. The summed E-state index contributed by atoms with van der Waals surface area (Å²) in [5.41, 5.74) is -0.131. The van der Waals surface area contributed by atoms with Crippen LogP contribution in [0.1, 0.15) is 52.4 Å². The van der Waals surface area contributed by atoms with Crippen molar-refractivity contribution in [2.75, 3.05) is 0 Å². The van der Waals surface area contributed by atoms with E-state index in [1.165, 1.54) is 25.7 Å². The molecular weight excluding hydrogens is 176 g/mol. The molecule has 3 fully saturated rings. The third kappa shape index (κ3) is 1.67. The van der Waals surface area contributed by atoms with E-state index < -0.39 is 0 Å². The normalized spacial score (nSPS) is 41.0. The molecule has 0 spiro atoms. The SMILES string of the molecule is CCC(=O)OC1(C)CC2CCC1CC2. The third-order valence-electron chi connectivity index (χ3n) is 4.04. The number of rotatable bonds is 2. The molecule has 1 unspecified atom stereocenters.